The Hall–Kier alpha value is -1.33. The zero-order valence-corrected chi connectivity index (χ0v) is 11.7. The number of anilines is 1. The fraction of sp³-hybridized carbons (Fsp3) is 0.538. The first kappa shape index (κ1) is 14.1. The molecule has 1 atom stereocenters. The minimum absolute atomic E-state index is 0.0833. The van der Waals surface area contributed by atoms with Gasteiger partial charge in [-0.1, -0.05) is 11.6 Å². The molecule has 19 heavy (non-hydrogen) atoms. The van der Waals surface area contributed by atoms with Crippen LogP contribution < -0.4 is 5.32 Å². The van der Waals surface area contributed by atoms with Crippen LogP contribution in [-0.4, -0.2) is 47.6 Å². The molecule has 0 radical (unpaired) electrons. The molecule has 1 aliphatic heterocycles. The molecule has 0 spiro atoms. The predicted octanol–water partition coefficient (Wildman–Crippen LogP) is 2.19. The van der Waals surface area contributed by atoms with Gasteiger partial charge in [0.05, 0.1) is 10.6 Å². The number of carboxylic acid groups (broad SMARTS) is 1. The van der Waals surface area contributed by atoms with Crippen LogP contribution >= 0.6 is 11.6 Å². The molecule has 1 unspecified atom stereocenters. The number of aromatic carboxylic acids is 1. The highest BCUT2D eigenvalue weighted by Crippen LogP contribution is 2.24. The Morgan fingerprint density at radius 1 is 1.68 bits per heavy atom. The number of pyridine rings is 1. The van der Waals surface area contributed by atoms with E-state index in [1.165, 1.54) is 25.1 Å². The van der Waals surface area contributed by atoms with Crippen molar-refractivity contribution in [2.75, 3.05) is 32.0 Å². The van der Waals surface area contributed by atoms with Gasteiger partial charge in [-0.05, 0) is 38.4 Å². The minimum atomic E-state index is -1.03. The number of likely N-dealkylation sites (tertiary alicyclic amines) is 1. The highest BCUT2D eigenvalue weighted by molar-refractivity contribution is 6.35. The molecule has 1 aromatic rings. The largest absolute Gasteiger partial charge is 0.478 e. The minimum Gasteiger partial charge on any atom is -0.478 e. The molecule has 1 aliphatic rings. The Bertz CT molecular complexity index is 467. The zero-order chi connectivity index (χ0) is 13.8. The standard InChI is InChI=1S/C13H18ClN3O2/c1-17-6-2-3-9(8-17)7-16-12-11(14)10(13(18)19)4-5-15-12/h4-5,9H,2-3,6-8H2,1H3,(H,15,16)(H,18,19). The molecule has 0 amide bonds. The molecular formula is C13H18ClN3O2. The number of hydrogen-bond acceptors (Lipinski definition) is 4. The van der Waals surface area contributed by atoms with Crippen molar-refractivity contribution in [2.45, 2.75) is 12.8 Å². The van der Waals surface area contributed by atoms with Crippen molar-refractivity contribution in [3.63, 3.8) is 0 Å². The summed E-state index contributed by atoms with van der Waals surface area (Å²) >= 11 is 6.03. The van der Waals surface area contributed by atoms with Gasteiger partial charge < -0.3 is 15.3 Å². The van der Waals surface area contributed by atoms with E-state index in [4.69, 9.17) is 16.7 Å². The fourth-order valence-electron chi connectivity index (χ4n) is 2.41. The number of hydrogen-bond donors (Lipinski definition) is 2. The van der Waals surface area contributed by atoms with Gasteiger partial charge in [-0.2, -0.15) is 0 Å². The third-order valence-corrected chi connectivity index (χ3v) is 3.78. The van der Waals surface area contributed by atoms with Gasteiger partial charge in [0.25, 0.3) is 0 Å². The van der Waals surface area contributed by atoms with Crippen LogP contribution in [0.5, 0.6) is 0 Å². The first-order valence-electron chi connectivity index (χ1n) is 6.38. The molecule has 2 N–H and O–H groups in total. The molecule has 5 nitrogen and oxygen atoms in total. The van der Waals surface area contributed by atoms with Gasteiger partial charge in [0.1, 0.15) is 5.82 Å². The van der Waals surface area contributed by atoms with E-state index in [9.17, 15) is 4.79 Å². The zero-order valence-electron chi connectivity index (χ0n) is 10.9. The van der Waals surface area contributed by atoms with Gasteiger partial charge in [0.15, 0.2) is 0 Å². The number of rotatable bonds is 4. The average Bonchev–Trinajstić information content (AvgIpc) is 2.37. The normalized spacial score (nSPS) is 20.2. The maximum absolute atomic E-state index is 11.0. The Balaban J connectivity index is 1.99. The monoisotopic (exact) mass is 283 g/mol. The first-order valence-corrected chi connectivity index (χ1v) is 6.76. The maximum atomic E-state index is 11.0. The molecule has 0 aliphatic carbocycles. The summed E-state index contributed by atoms with van der Waals surface area (Å²) in [6.45, 7) is 2.95. The molecule has 0 aromatic carbocycles. The number of carboxylic acids is 1. The molecule has 1 fully saturated rings. The molecule has 2 heterocycles. The molecule has 0 saturated carbocycles. The van der Waals surface area contributed by atoms with Crippen molar-refractivity contribution in [1.82, 2.24) is 9.88 Å². The van der Waals surface area contributed by atoms with Crippen LogP contribution in [0.2, 0.25) is 5.02 Å². The van der Waals surface area contributed by atoms with Gasteiger partial charge >= 0.3 is 5.97 Å². The highest BCUT2D eigenvalue weighted by Gasteiger charge is 2.18. The summed E-state index contributed by atoms with van der Waals surface area (Å²) in [5.41, 5.74) is 0.0833. The average molecular weight is 284 g/mol. The van der Waals surface area contributed by atoms with E-state index in [-0.39, 0.29) is 10.6 Å². The summed E-state index contributed by atoms with van der Waals surface area (Å²) in [7, 11) is 2.11. The second-order valence-corrected chi connectivity index (χ2v) is 5.36. The van der Waals surface area contributed by atoms with E-state index < -0.39 is 5.97 Å². The van der Waals surface area contributed by atoms with E-state index in [0.717, 1.165) is 19.6 Å². The number of nitrogens with zero attached hydrogens (tertiary/aromatic N) is 2. The van der Waals surface area contributed by atoms with Crippen LogP contribution in [0.1, 0.15) is 23.2 Å². The van der Waals surface area contributed by atoms with Crippen molar-refractivity contribution in [3.8, 4) is 0 Å². The van der Waals surface area contributed by atoms with E-state index in [2.05, 4.69) is 22.2 Å². The van der Waals surface area contributed by atoms with E-state index >= 15 is 0 Å². The number of carbonyl (C=O) groups is 1. The van der Waals surface area contributed by atoms with Crippen LogP contribution in [0.3, 0.4) is 0 Å². The van der Waals surface area contributed by atoms with Crippen molar-refractivity contribution in [1.29, 1.82) is 0 Å². The van der Waals surface area contributed by atoms with Gasteiger partial charge in [-0.25, -0.2) is 9.78 Å². The second-order valence-electron chi connectivity index (χ2n) is 4.98. The molecule has 1 aromatic heterocycles. The first-order chi connectivity index (χ1) is 9.08. The summed E-state index contributed by atoms with van der Waals surface area (Å²) in [6.07, 6.45) is 3.83. The number of halogens is 1. The van der Waals surface area contributed by atoms with Gasteiger partial charge in [0.2, 0.25) is 0 Å². The lowest BCUT2D eigenvalue weighted by atomic mass is 9.98. The highest BCUT2D eigenvalue weighted by atomic mass is 35.5. The lowest BCUT2D eigenvalue weighted by molar-refractivity contribution is 0.0697. The molecule has 6 heteroatoms. The van der Waals surface area contributed by atoms with Crippen molar-refractivity contribution in [3.05, 3.63) is 22.8 Å². The smallest absolute Gasteiger partial charge is 0.337 e. The number of aromatic nitrogens is 1. The summed E-state index contributed by atoms with van der Waals surface area (Å²) < 4.78 is 0. The second kappa shape index (κ2) is 6.21. The Kier molecular flexibility index (Phi) is 4.61. The third-order valence-electron chi connectivity index (χ3n) is 3.40. The number of piperidine rings is 1. The quantitative estimate of drug-likeness (QED) is 0.887. The molecule has 1 saturated heterocycles. The Labute approximate surface area is 117 Å². The van der Waals surface area contributed by atoms with Crippen LogP contribution in [0.25, 0.3) is 0 Å². The summed E-state index contributed by atoms with van der Waals surface area (Å²) in [6, 6.07) is 1.41. The molecule has 104 valence electrons. The third kappa shape index (κ3) is 3.58. The van der Waals surface area contributed by atoms with Crippen LogP contribution in [0.4, 0.5) is 5.82 Å². The van der Waals surface area contributed by atoms with Crippen molar-refractivity contribution in [2.24, 2.45) is 5.92 Å². The summed E-state index contributed by atoms with van der Waals surface area (Å²) in [5.74, 6) is -0.0345. The summed E-state index contributed by atoms with van der Waals surface area (Å²) in [5, 5.41) is 12.3. The Morgan fingerprint density at radius 3 is 3.16 bits per heavy atom. The predicted molar refractivity (Wildman–Crippen MR) is 74.9 cm³/mol. The van der Waals surface area contributed by atoms with Crippen molar-refractivity contribution >= 4 is 23.4 Å². The topological polar surface area (TPSA) is 65.5 Å². The van der Waals surface area contributed by atoms with Gasteiger partial charge in [-0.15, -0.1) is 0 Å². The van der Waals surface area contributed by atoms with E-state index in [0.29, 0.717) is 11.7 Å². The van der Waals surface area contributed by atoms with E-state index in [1.807, 2.05) is 0 Å². The van der Waals surface area contributed by atoms with Crippen LogP contribution in [0.15, 0.2) is 12.3 Å². The molecule has 2 rings (SSSR count). The Morgan fingerprint density at radius 2 is 2.47 bits per heavy atom. The van der Waals surface area contributed by atoms with Gasteiger partial charge in [-0.3, -0.25) is 0 Å². The fourth-order valence-corrected chi connectivity index (χ4v) is 2.67. The number of nitrogens with one attached hydrogen (secondary N) is 1. The lowest BCUT2D eigenvalue weighted by Gasteiger charge is -2.29. The van der Waals surface area contributed by atoms with Crippen molar-refractivity contribution < 1.29 is 9.90 Å². The maximum Gasteiger partial charge on any atom is 0.337 e. The SMILES string of the molecule is CN1CCCC(CNc2nccc(C(=O)O)c2Cl)C1. The molecular weight excluding hydrogens is 266 g/mol. The summed E-state index contributed by atoms with van der Waals surface area (Å²) in [4.78, 5) is 17.4. The lowest BCUT2D eigenvalue weighted by Crippen LogP contribution is -2.35. The van der Waals surface area contributed by atoms with Crippen LogP contribution in [0, 0.1) is 5.92 Å². The van der Waals surface area contributed by atoms with E-state index in [1.54, 1.807) is 0 Å². The van der Waals surface area contributed by atoms with Gasteiger partial charge in [0, 0.05) is 19.3 Å². The van der Waals surface area contributed by atoms with Crippen LogP contribution in [-0.2, 0) is 0 Å². The molecule has 0 bridgehead atoms.